The van der Waals surface area contributed by atoms with Gasteiger partial charge in [-0.1, -0.05) is 178 Å². The summed E-state index contributed by atoms with van der Waals surface area (Å²) in [5, 5.41) is 42.4. The second kappa shape index (κ2) is 47.5. The lowest BCUT2D eigenvalue weighted by atomic mass is 9.85. The Labute approximate surface area is 713 Å². The topological polar surface area (TPSA) is 441 Å². The van der Waals surface area contributed by atoms with Crippen LogP contribution in [0.1, 0.15) is 244 Å². The van der Waals surface area contributed by atoms with Crippen molar-refractivity contribution in [2.75, 3.05) is 26.2 Å². The number of carbonyl (C=O) groups excluding carboxylic acids is 14. The van der Waals surface area contributed by atoms with Crippen molar-refractivity contribution in [2.24, 2.45) is 47.3 Å². The van der Waals surface area contributed by atoms with E-state index in [0.717, 1.165) is 27.8 Å². The fourth-order valence-electron chi connectivity index (χ4n) is 16.4. The van der Waals surface area contributed by atoms with Crippen LogP contribution in [0.2, 0.25) is 0 Å². The average Bonchev–Trinajstić information content (AvgIpc) is 1.67. The van der Waals surface area contributed by atoms with Gasteiger partial charge in [-0.15, -0.1) is 20.4 Å². The van der Waals surface area contributed by atoms with E-state index in [-0.39, 0.29) is 107 Å². The van der Waals surface area contributed by atoms with Crippen molar-refractivity contribution in [1.82, 2.24) is 71.5 Å². The Kier molecular flexibility index (Phi) is 37.5. The Morgan fingerprint density at radius 2 is 0.877 bits per heavy atom. The number of ketones is 8. The first-order valence-corrected chi connectivity index (χ1v) is 43.5. The second-order valence-electron chi connectivity index (χ2n) is 34.4. The summed E-state index contributed by atoms with van der Waals surface area (Å²) in [5.74, 6) is -10.9. The van der Waals surface area contributed by atoms with Crippen LogP contribution in [0.5, 0.6) is 0 Å². The van der Waals surface area contributed by atoms with Crippen LogP contribution < -0.4 is 10.6 Å². The monoisotopic (exact) mass is 1690 g/mol. The van der Waals surface area contributed by atoms with Gasteiger partial charge >= 0.3 is 18.2 Å². The Hall–Kier alpha value is -11.0. The van der Waals surface area contributed by atoms with Gasteiger partial charge < -0.3 is 44.8 Å². The molecule has 32 heteroatoms. The number of carboxylic acids is 1. The predicted octanol–water partition coefficient (Wildman–Crippen LogP) is 9.98. The number of ether oxygens (including phenoxy) is 2. The third-order valence-electron chi connectivity index (χ3n) is 23.7. The molecule has 3 aromatic carbocycles. The van der Waals surface area contributed by atoms with Gasteiger partial charge in [-0.05, 0) is 109 Å². The Balaban J connectivity index is 0.000000304. The van der Waals surface area contributed by atoms with Crippen LogP contribution in [0.4, 0.5) is 9.59 Å². The summed E-state index contributed by atoms with van der Waals surface area (Å²) in [6.45, 7) is 21.3. The number of likely N-dealkylation sites (tertiary alicyclic amines) is 2. The number of nitrogens with one attached hydrogen (secondary N) is 4. The molecule has 5 N–H and O–H groups in total. The molecular formula is C90H124N14O18. The first kappa shape index (κ1) is 96.5. The average molecular weight is 1690 g/mol. The third-order valence-corrected chi connectivity index (χ3v) is 23.7. The van der Waals surface area contributed by atoms with Crippen molar-refractivity contribution >= 4 is 88.1 Å². The van der Waals surface area contributed by atoms with Crippen LogP contribution in [-0.2, 0) is 111 Å². The van der Waals surface area contributed by atoms with E-state index in [9.17, 15) is 71.9 Å². The van der Waals surface area contributed by atoms with Crippen LogP contribution in [-0.4, -0.2) is 217 Å². The van der Waals surface area contributed by atoms with E-state index in [1.165, 1.54) is 9.80 Å². The minimum atomic E-state index is -1.23. The molecule has 4 aliphatic rings. The first-order valence-electron chi connectivity index (χ1n) is 43.5. The molecule has 2 fully saturated rings. The summed E-state index contributed by atoms with van der Waals surface area (Å²) in [4.78, 5) is 209. The lowest BCUT2D eigenvalue weighted by Crippen LogP contribution is -2.55. The number of H-pyrrole nitrogens is 2. The number of aromatic nitrogens is 8. The Morgan fingerprint density at radius 1 is 0.475 bits per heavy atom. The number of amides is 6. The van der Waals surface area contributed by atoms with E-state index in [2.05, 4.69) is 51.9 Å². The molecule has 5 aromatic rings. The van der Waals surface area contributed by atoms with E-state index >= 15 is 0 Å². The maximum absolute atomic E-state index is 14.7. The van der Waals surface area contributed by atoms with Gasteiger partial charge in [0.2, 0.25) is 35.2 Å². The highest BCUT2D eigenvalue weighted by Gasteiger charge is 2.49. The molecule has 0 saturated carbocycles. The van der Waals surface area contributed by atoms with Crippen molar-refractivity contribution in [3.8, 4) is 0 Å². The molecule has 2 aromatic heterocycles. The molecule has 0 radical (unpaired) electrons. The number of hydrogen-bond acceptors (Lipinski definition) is 23. The van der Waals surface area contributed by atoms with Crippen LogP contribution >= 0.6 is 0 Å². The number of unbranched alkanes of at least 4 members (excludes halogenated alkanes) is 2. The number of hydrogen-bond donors (Lipinski definition) is 5. The standard InChI is InChI=1S/C48H65N7O8.C42H59N7O10/c1-7-15-35(45(59)42(58)24-32(6)33-16-9-8-10-17-33)25-41(57)40-27-38(63-48(62)54-23-22-34-18-11-12-19-36(34)28-54)29-55(40)47(61)44(31(4)5)49-46(60)39(30(2)3)26-37(56)20-13-14-21-43-50-52-53-51-43;1-6-11-28(39(55)34(51)16-17-37(53)54)20-35(52)33-22-31(59-42(58)48-19-18-27-12-7-8-13-29(27)23-48)24-49(33)41(57)38(26(4)5)43-40(56)32(25(2)3)21-30(50)14-9-10-15-36-44-46-47-45-36/h8-12,16-19,30-32,35,38-40,44H,7,13-15,20-29H2,1-6H3,(H,49,60)(H,50,51,52,53);7-8,12-13,25-26,28,31-33,38H,6,9-11,14-24H2,1-5H3,(H,43,56)(H,53,54)(H,44,45,46,47)/t32-,35?,38-,39-,40+,44+;28?,31-,32-,33+,38+/m11/s1. The third kappa shape index (κ3) is 28.3. The van der Waals surface area contributed by atoms with Crippen LogP contribution in [0, 0.1) is 47.3 Å². The first-order chi connectivity index (χ1) is 58.2. The number of benzene rings is 3. The molecule has 2 unspecified atom stereocenters. The van der Waals surface area contributed by atoms with Gasteiger partial charge in [-0.25, -0.2) is 9.59 Å². The summed E-state index contributed by atoms with van der Waals surface area (Å²) in [6.07, 6.45) is 2.41. The summed E-state index contributed by atoms with van der Waals surface area (Å²) >= 11 is 0. The molecule has 11 atom stereocenters. The van der Waals surface area contributed by atoms with Gasteiger partial charge in [0.1, 0.15) is 35.9 Å². The van der Waals surface area contributed by atoms with Gasteiger partial charge in [0.15, 0.2) is 34.8 Å². The maximum atomic E-state index is 14.7. The van der Waals surface area contributed by atoms with Crippen LogP contribution in [0.15, 0.2) is 78.9 Å². The van der Waals surface area contributed by atoms with E-state index in [1.54, 1.807) is 44.4 Å². The number of tetrazole rings is 2. The lowest BCUT2D eigenvalue weighted by Gasteiger charge is -2.32. The molecule has 6 amide bonds. The molecule has 122 heavy (non-hydrogen) atoms. The highest BCUT2D eigenvalue weighted by molar-refractivity contribution is 6.39. The molecule has 32 nitrogen and oxygen atoms in total. The number of aromatic amines is 2. The van der Waals surface area contributed by atoms with Gasteiger partial charge in [-0.2, -0.15) is 10.4 Å². The zero-order valence-electron chi connectivity index (χ0n) is 72.5. The largest absolute Gasteiger partial charge is 0.481 e. The van der Waals surface area contributed by atoms with E-state index in [4.69, 9.17) is 14.6 Å². The predicted molar refractivity (Wildman–Crippen MR) is 447 cm³/mol. The molecule has 6 heterocycles. The van der Waals surface area contributed by atoms with Gasteiger partial charge in [0.25, 0.3) is 0 Å². The zero-order valence-corrected chi connectivity index (χ0v) is 72.5. The van der Waals surface area contributed by atoms with Crippen molar-refractivity contribution in [1.29, 1.82) is 0 Å². The summed E-state index contributed by atoms with van der Waals surface area (Å²) in [6, 6.07) is 20.8. The lowest BCUT2D eigenvalue weighted by molar-refractivity contribution is -0.144. The quantitative estimate of drug-likeness (QED) is 0.0178. The highest BCUT2D eigenvalue weighted by Crippen LogP contribution is 2.34. The second-order valence-corrected chi connectivity index (χ2v) is 34.4. The molecule has 9 rings (SSSR count). The minimum absolute atomic E-state index is 0.00136. The Morgan fingerprint density at radius 3 is 1.25 bits per heavy atom. The molecular weight excluding hydrogens is 1570 g/mol. The SMILES string of the molecule is CCCC(CC(=O)[C@@H]1C[C@@H](OC(=O)N2CCc3ccccc3C2)CN1C(=O)[C@@H](NC(=O)[C@H](CC(=O)CCCCc1nn[nH]n1)C(C)C)C(C)C)C(=O)C(=O)CCC(=O)O.CCCC(CC(=O)[C@@H]1C[C@@H](OC(=O)N2CCc3ccccc3C2)CN1C(=O)[C@@H](NC(=O)[C@H](CC(=O)CCCCc1nn[nH]n1)C(C)C)C(C)C)C(=O)C(=O)C[C@@H](C)c1ccccc1. The van der Waals surface area contributed by atoms with Gasteiger partial charge in [0, 0.05) is 127 Å². The smallest absolute Gasteiger partial charge is 0.410 e. The number of rotatable bonds is 46. The fraction of sp³-hybridized carbons (Fsp3) is 0.611. The molecule has 0 aliphatic carbocycles. The molecule has 662 valence electrons. The van der Waals surface area contributed by atoms with Crippen molar-refractivity contribution < 1.29 is 86.5 Å². The van der Waals surface area contributed by atoms with Crippen molar-refractivity contribution in [3.63, 3.8) is 0 Å². The van der Waals surface area contributed by atoms with Gasteiger partial charge in [0.05, 0.1) is 31.6 Å². The fourth-order valence-corrected chi connectivity index (χ4v) is 16.4. The Bertz CT molecular complexity index is 4400. The molecule has 0 spiro atoms. The normalized spacial score (nSPS) is 18.0. The number of carbonyl (C=O) groups is 15. The number of fused-ring (bicyclic) bond motifs is 2. The van der Waals surface area contributed by atoms with Crippen molar-refractivity contribution in [2.45, 2.75) is 279 Å². The molecule has 2 saturated heterocycles. The van der Waals surface area contributed by atoms with Crippen LogP contribution in [0.25, 0.3) is 0 Å². The number of carboxylic acid groups (broad SMARTS) is 1. The van der Waals surface area contributed by atoms with Gasteiger partial charge in [-0.3, -0.25) is 62.3 Å². The minimum Gasteiger partial charge on any atom is -0.481 e. The summed E-state index contributed by atoms with van der Waals surface area (Å²) < 4.78 is 12.0. The number of aliphatic carboxylic acids is 1. The zero-order chi connectivity index (χ0) is 88.9. The van der Waals surface area contributed by atoms with Crippen LogP contribution in [0.3, 0.4) is 0 Å². The van der Waals surface area contributed by atoms with E-state index in [0.29, 0.717) is 108 Å². The van der Waals surface area contributed by atoms with E-state index in [1.807, 2.05) is 120 Å². The number of Topliss-reactive ketones (excluding diaryl/α,β-unsaturated/α-hetero) is 8. The summed E-state index contributed by atoms with van der Waals surface area (Å²) in [5.41, 5.74) is 5.25. The summed E-state index contributed by atoms with van der Waals surface area (Å²) in [7, 11) is 0. The highest BCUT2D eigenvalue weighted by atomic mass is 16.6. The molecule has 4 aliphatic heterocycles. The maximum Gasteiger partial charge on any atom is 0.410 e. The van der Waals surface area contributed by atoms with Crippen molar-refractivity contribution in [3.05, 3.63) is 118 Å². The number of aryl methyl sites for hydroxylation is 2. The number of nitrogens with zero attached hydrogens (tertiary/aromatic N) is 10. The molecule has 0 bridgehead atoms. The van der Waals surface area contributed by atoms with E-state index < -0.39 is 161 Å².